The lowest BCUT2D eigenvalue weighted by Crippen LogP contribution is -2.10. The summed E-state index contributed by atoms with van der Waals surface area (Å²) in [5, 5.41) is 0. The fraction of sp³-hybridized carbons (Fsp3) is 0.231. The van der Waals surface area contributed by atoms with Crippen molar-refractivity contribution in [1.82, 2.24) is 9.97 Å². The molecule has 1 aromatic heterocycles. The monoisotopic (exact) mass is 231 g/mol. The zero-order chi connectivity index (χ0) is 12.4. The van der Waals surface area contributed by atoms with Crippen molar-refractivity contribution < 1.29 is 4.39 Å². The largest absolute Gasteiger partial charge is 0.363 e. The van der Waals surface area contributed by atoms with Crippen molar-refractivity contribution in [2.45, 2.75) is 6.92 Å². The lowest BCUT2D eigenvalue weighted by Gasteiger charge is -2.11. The first-order valence-corrected chi connectivity index (χ1v) is 5.34. The summed E-state index contributed by atoms with van der Waals surface area (Å²) in [5.41, 5.74) is 2.31. The molecule has 0 bridgehead atoms. The molecule has 88 valence electrons. The Morgan fingerprint density at radius 3 is 2.53 bits per heavy atom. The van der Waals surface area contributed by atoms with Crippen LogP contribution in [0, 0.1) is 12.7 Å². The second-order valence-corrected chi connectivity index (χ2v) is 4.12. The number of halogens is 1. The summed E-state index contributed by atoms with van der Waals surface area (Å²) in [6.07, 6.45) is 1.52. The van der Waals surface area contributed by atoms with Crippen LogP contribution in [0.25, 0.3) is 11.3 Å². The number of aryl methyl sites for hydroxylation is 1. The molecule has 0 fully saturated rings. The molecule has 0 radical (unpaired) electrons. The number of hydrogen-bond donors (Lipinski definition) is 0. The van der Waals surface area contributed by atoms with Gasteiger partial charge >= 0.3 is 0 Å². The summed E-state index contributed by atoms with van der Waals surface area (Å²) in [6.45, 7) is 1.74. The van der Waals surface area contributed by atoms with Crippen LogP contribution in [-0.4, -0.2) is 24.1 Å². The molecule has 0 unspecified atom stereocenters. The van der Waals surface area contributed by atoms with E-state index in [4.69, 9.17) is 0 Å². The van der Waals surface area contributed by atoms with E-state index in [0.29, 0.717) is 5.56 Å². The number of rotatable bonds is 2. The minimum Gasteiger partial charge on any atom is -0.363 e. The third kappa shape index (κ3) is 2.41. The van der Waals surface area contributed by atoms with Gasteiger partial charge < -0.3 is 4.90 Å². The highest BCUT2D eigenvalue weighted by Gasteiger charge is 2.05. The standard InChI is InChI=1S/C13H14FN3/c1-9-6-10(4-5-11(9)14)12-7-13(17(2)3)16-8-15-12/h4-8H,1-3H3. The van der Waals surface area contributed by atoms with Crippen molar-refractivity contribution in [3.05, 3.63) is 42.0 Å². The Labute approximate surface area is 99.9 Å². The Kier molecular flexibility index (Phi) is 3.04. The molecule has 0 aliphatic carbocycles. The maximum absolute atomic E-state index is 13.2. The Balaban J connectivity index is 2.45. The minimum absolute atomic E-state index is 0.198. The van der Waals surface area contributed by atoms with Gasteiger partial charge in [-0.25, -0.2) is 14.4 Å². The normalized spacial score (nSPS) is 10.4. The fourth-order valence-electron chi connectivity index (χ4n) is 1.55. The second kappa shape index (κ2) is 4.49. The fourth-order valence-corrected chi connectivity index (χ4v) is 1.55. The van der Waals surface area contributed by atoms with Crippen molar-refractivity contribution in [2.75, 3.05) is 19.0 Å². The molecule has 0 aliphatic rings. The Morgan fingerprint density at radius 1 is 1.12 bits per heavy atom. The van der Waals surface area contributed by atoms with E-state index in [0.717, 1.165) is 17.1 Å². The highest BCUT2D eigenvalue weighted by atomic mass is 19.1. The van der Waals surface area contributed by atoms with Crippen molar-refractivity contribution in [3.8, 4) is 11.3 Å². The van der Waals surface area contributed by atoms with Crippen LogP contribution in [0.4, 0.5) is 10.2 Å². The van der Waals surface area contributed by atoms with Crippen molar-refractivity contribution >= 4 is 5.82 Å². The predicted molar refractivity (Wildman–Crippen MR) is 66.5 cm³/mol. The highest BCUT2D eigenvalue weighted by Crippen LogP contribution is 2.21. The quantitative estimate of drug-likeness (QED) is 0.795. The number of anilines is 1. The molecule has 0 atom stereocenters. The van der Waals surface area contributed by atoms with Gasteiger partial charge in [-0.05, 0) is 30.7 Å². The summed E-state index contributed by atoms with van der Waals surface area (Å²) in [7, 11) is 3.84. The number of hydrogen-bond acceptors (Lipinski definition) is 3. The van der Waals surface area contributed by atoms with Gasteiger partial charge in [0.2, 0.25) is 0 Å². The van der Waals surface area contributed by atoms with Gasteiger partial charge in [0, 0.05) is 25.7 Å². The van der Waals surface area contributed by atoms with Gasteiger partial charge in [-0.2, -0.15) is 0 Å². The SMILES string of the molecule is Cc1cc(-c2cc(N(C)C)ncn2)ccc1F. The van der Waals surface area contributed by atoms with Gasteiger partial charge in [0.05, 0.1) is 5.69 Å². The minimum atomic E-state index is -0.198. The van der Waals surface area contributed by atoms with Crippen molar-refractivity contribution in [3.63, 3.8) is 0 Å². The van der Waals surface area contributed by atoms with Gasteiger partial charge in [0.1, 0.15) is 18.0 Å². The number of aromatic nitrogens is 2. The lowest BCUT2D eigenvalue weighted by atomic mass is 10.1. The topological polar surface area (TPSA) is 29.0 Å². The first-order chi connectivity index (χ1) is 8.08. The maximum atomic E-state index is 13.2. The molecule has 4 heteroatoms. The Morgan fingerprint density at radius 2 is 1.88 bits per heavy atom. The zero-order valence-corrected chi connectivity index (χ0v) is 10.1. The van der Waals surface area contributed by atoms with Crippen molar-refractivity contribution in [2.24, 2.45) is 0 Å². The van der Waals surface area contributed by atoms with E-state index < -0.39 is 0 Å². The molecule has 1 heterocycles. The molecular weight excluding hydrogens is 217 g/mol. The molecule has 0 amide bonds. The van der Waals surface area contributed by atoms with Gasteiger partial charge in [0.25, 0.3) is 0 Å². The first-order valence-electron chi connectivity index (χ1n) is 5.34. The molecule has 2 aromatic rings. The summed E-state index contributed by atoms with van der Waals surface area (Å²) >= 11 is 0. The second-order valence-electron chi connectivity index (χ2n) is 4.12. The molecule has 0 saturated carbocycles. The molecule has 0 spiro atoms. The van der Waals surface area contributed by atoms with Crippen LogP contribution >= 0.6 is 0 Å². The van der Waals surface area contributed by atoms with Crippen LogP contribution in [0.15, 0.2) is 30.6 Å². The Hall–Kier alpha value is -1.97. The lowest BCUT2D eigenvalue weighted by molar-refractivity contribution is 0.619. The van der Waals surface area contributed by atoms with Crippen LogP contribution in [0.5, 0.6) is 0 Å². The smallest absolute Gasteiger partial charge is 0.132 e. The molecule has 17 heavy (non-hydrogen) atoms. The Bertz CT molecular complexity index is 538. The molecule has 0 saturated heterocycles. The molecule has 3 nitrogen and oxygen atoms in total. The van der Waals surface area contributed by atoms with E-state index >= 15 is 0 Å². The average molecular weight is 231 g/mol. The maximum Gasteiger partial charge on any atom is 0.132 e. The molecule has 2 rings (SSSR count). The van der Waals surface area contributed by atoms with E-state index in [1.165, 1.54) is 12.4 Å². The summed E-state index contributed by atoms with van der Waals surface area (Å²) < 4.78 is 13.2. The predicted octanol–water partition coefficient (Wildman–Crippen LogP) is 2.66. The molecule has 0 N–H and O–H groups in total. The van der Waals surface area contributed by atoms with Crippen molar-refractivity contribution in [1.29, 1.82) is 0 Å². The number of nitrogens with zero attached hydrogens (tertiary/aromatic N) is 3. The summed E-state index contributed by atoms with van der Waals surface area (Å²) in [6, 6.07) is 6.86. The van der Waals surface area contributed by atoms with Crippen LogP contribution in [0.1, 0.15) is 5.56 Å². The van der Waals surface area contributed by atoms with E-state index in [1.54, 1.807) is 19.1 Å². The third-order valence-corrected chi connectivity index (χ3v) is 2.56. The van der Waals surface area contributed by atoms with Crippen LogP contribution < -0.4 is 4.90 Å². The highest BCUT2D eigenvalue weighted by molar-refractivity contribution is 5.63. The summed E-state index contributed by atoms with van der Waals surface area (Å²) in [4.78, 5) is 10.3. The molecule has 1 aromatic carbocycles. The van der Waals surface area contributed by atoms with Crippen LogP contribution in [-0.2, 0) is 0 Å². The molecule has 0 aliphatic heterocycles. The van der Waals surface area contributed by atoms with Gasteiger partial charge in [-0.3, -0.25) is 0 Å². The van der Waals surface area contributed by atoms with E-state index in [-0.39, 0.29) is 5.82 Å². The first kappa shape index (κ1) is 11.5. The average Bonchev–Trinajstić information content (AvgIpc) is 2.33. The molecular formula is C13H14FN3. The van der Waals surface area contributed by atoms with Gasteiger partial charge in [0.15, 0.2) is 0 Å². The van der Waals surface area contributed by atoms with Gasteiger partial charge in [-0.15, -0.1) is 0 Å². The van der Waals surface area contributed by atoms with Crippen LogP contribution in [0.3, 0.4) is 0 Å². The van der Waals surface area contributed by atoms with E-state index in [1.807, 2.05) is 25.1 Å². The third-order valence-electron chi connectivity index (χ3n) is 2.56. The van der Waals surface area contributed by atoms with Gasteiger partial charge in [-0.1, -0.05) is 0 Å². The van der Waals surface area contributed by atoms with Crippen LogP contribution in [0.2, 0.25) is 0 Å². The summed E-state index contributed by atoms with van der Waals surface area (Å²) in [5.74, 6) is 0.632. The van der Waals surface area contributed by atoms with E-state index in [9.17, 15) is 4.39 Å². The van der Waals surface area contributed by atoms with E-state index in [2.05, 4.69) is 9.97 Å². The number of benzene rings is 1. The zero-order valence-electron chi connectivity index (χ0n) is 10.1.